The number of fused-ring (bicyclic) bond motifs is 2. The molecule has 0 radical (unpaired) electrons. The van der Waals surface area contributed by atoms with Gasteiger partial charge in [0.1, 0.15) is 5.75 Å². The predicted octanol–water partition coefficient (Wildman–Crippen LogP) is 4.78. The Morgan fingerprint density at radius 3 is 2.55 bits per heavy atom. The molecule has 2 aromatic rings. The highest BCUT2D eigenvalue weighted by Crippen LogP contribution is 2.38. The van der Waals surface area contributed by atoms with Crippen molar-refractivity contribution in [3.8, 4) is 17.6 Å². The van der Waals surface area contributed by atoms with E-state index in [9.17, 15) is 4.79 Å². The van der Waals surface area contributed by atoms with Crippen LogP contribution in [0.4, 0.5) is 5.69 Å². The number of hydrogen-bond acceptors (Lipinski definition) is 4. The number of nitrogen functional groups attached to an aromatic ring is 1. The first-order valence-corrected chi connectivity index (χ1v) is 11.6. The Kier molecular flexibility index (Phi) is 8.53. The number of ether oxygens (including phenoxy) is 1. The number of likely N-dealkylation sites (tertiary alicyclic amines) is 1. The van der Waals surface area contributed by atoms with Gasteiger partial charge >= 0.3 is 0 Å². The van der Waals surface area contributed by atoms with Crippen LogP contribution in [0.1, 0.15) is 42.6 Å². The number of anilines is 1. The van der Waals surface area contributed by atoms with Crippen molar-refractivity contribution >= 4 is 35.6 Å². The number of hydrogen-bond donors (Lipinski definition) is 2. The maximum Gasteiger partial charge on any atom is 0.255 e. The number of benzene rings is 2. The van der Waals surface area contributed by atoms with Crippen molar-refractivity contribution in [3.05, 3.63) is 58.6 Å². The molecule has 1 aliphatic heterocycles. The maximum absolute atomic E-state index is 13.3. The minimum atomic E-state index is -0.357. The van der Waals surface area contributed by atoms with Crippen LogP contribution in [0.25, 0.3) is 0 Å². The lowest BCUT2D eigenvalue weighted by Crippen LogP contribution is -2.52. The number of halogens is 2. The van der Waals surface area contributed by atoms with E-state index in [2.05, 4.69) is 46.3 Å². The summed E-state index contributed by atoms with van der Waals surface area (Å²) in [5.41, 5.74) is 8.08. The highest BCUT2D eigenvalue weighted by Gasteiger charge is 2.42. The number of nitrogens with one attached hydrogen (secondary N) is 1. The fourth-order valence-corrected chi connectivity index (χ4v) is 5.19. The average molecular weight is 488 g/mol. The maximum atomic E-state index is 13.3. The molecule has 1 saturated carbocycles. The molecule has 1 aliphatic carbocycles. The number of rotatable bonds is 6. The fraction of sp³-hybridized carbons (Fsp3) is 0.423. The average Bonchev–Trinajstić information content (AvgIpc) is 2.99. The van der Waals surface area contributed by atoms with Crippen molar-refractivity contribution in [2.75, 3.05) is 18.8 Å². The van der Waals surface area contributed by atoms with Crippen LogP contribution in [0.3, 0.4) is 0 Å². The van der Waals surface area contributed by atoms with E-state index in [0.717, 1.165) is 32.5 Å². The minimum Gasteiger partial charge on any atom is -0.477 e. The van der Waals surface area contributed by atoms with E-state index >= 15 is 0 Å². The lowest BCUT2D eigenvalue weighted by atomic mass is 9.91. The van der Waals surface area contributed by atoms with Crippen molar-refractivity contribution < 1.29 is 9.53 Å². The molecule has 7 heteroatoms. The highest BCUT2D eigenvalue weighted by atomic mass is 35.5. The lowest BCUT2D eigenvalue weighted by Gasteiger charge is -2.38. The predicted molar refractivity (Wildman–Crippen MR) is 136 cm³/mol. The molecule has 3 N–H and O–H groups in total. The Bertz CT molecular complexity index is 1020. The van der Waals surface area contributed by atoms with Crippen molar-refractivity contribution in [1.82, 2.24) is 10.2 Å². The third kappa shape index (κ3) is 5.95. The summed E-state index contributed by atoms with van der Waals surface area (Å²) in [6.07, 6.45) is 1.91. The van der Waals surface area contributed by atoms with E-state index in [1.165, 1.54) is 5.56 Å². The summed E-state index contributed by atoms with van der Waals surface area (Å²) in [6.45, 7) is 6.53. The second-order valence-electron chi connectivity index (χ2n) is 8.80. The SMILES string of the molecule is CC#C[C@H](C)Oc1cc(N)c(Cl)cc1C(=O)NC1C2CCC1CN(Cc1ccccc1)C2.Cl. The molecule has 176 valence electrons. The van der Waals surface area contributed by atoms with Crippen LogP contribution in [-0.4, -0.2) is 36.0 Å². The van der Waals surface area contributed by atoms with Crippen LogP contribution < -0.4 is 15.8 Å². The van der Waals surface area contributed by atoms with Gasteiger partial charge in [-0.2, -0.15) is 0 Å². The van der Waals surface area contributed by atoms with Gasteiger partial charge in [-0.25, -0.2) is 0 Å². The summed E-state index contributed by atoms with van der Waals surface area (Å²) in [4.78, 5) is 15.8. The van der Waals surface area contributed by atoms with Gasteiger partial charge in [-0.3, -0.25) is 9.69 Å². The second kappa shape index (κ2) is 11.2. The molecular weight excluding hydrogens is 457 g/mol. The number of nitrogens with zero attached hydrogens (tertiary/aromatic N) is 1. The molecule has 1 heterocycles. The van der Waals surface area contributed by atoms with Gasteiger partial charge in [0.05, 0.1) is 16.3 Å². The number of amides is 1. The van der Waals surface area contributed by atoms with Gasteiger partial charge in [0, 0.05) is 31.7 Å². The molecule has 2 fully saturated rings. The van der Waals surface area contributed by atoms with Crippen molar-refractivity contribution in [2.45, 2.75) is 45.4 Å². The molecule has 4 rings (SSSR count). The number of carbonyl (C=O) groups is 1. The summed E-state index contributed by atoms with van der Waals surface area (Å²) in [6, 6.07) is 13.9. The van der Waals surface area contributed by atoms with Crippen LogP contribution in [0.2, 0.25) is 5.02 Å². The molecular formula is C26H31Cl2N3O2. The molecule has 5 nitrogen and oxygen atoms in total. The van der Waals surface area contributed by atoms with Gasteiger partial charge in [0.2, 0.25) is 0 Å². The van der Waals surface area contributed by atoms with E-state index in [0.29, 0.717) is 33.9 Å². The first kappa shape index (κ1) is 25.2. The molecule has 3 atom stereocenters. The van der Waals surface area contributed by atoms with Gasteiger partial charge in [-0.1, -0.05) is 47.9 Å². The number of piperidine rings is 1. The van der Waals surface area contributed by atoms with Gasteiger partial charge < -0.3 is 15.8 Å². The Morgan fingerprint density at radius 1 is 1.24 bits per heavy atom. The Balaban J connectivity index is 0.00000306. The van der Waals surface area contributed by atoms with Gasteiger partial charge in [0.15, 0.2) is 6.10 Å². The summed E-state index contributed by atoms with van der Waals surface area (Å²) >= 11 is 6.24. The summed E-state index contributed by atoms with van der Waals surface area (Å²) in [5.74, 6) is 6.90. The topological polar surface area (TPSA) is 67.6 Å². The Hall–Kier alpha value is -2.39. The van der Waals surface area contributed by atoms with E-state index < -0.39 is 0 Å². The molecule has 1 saturated heterocycles. The van der Waals surface area contributed by atoms with Crippen molar-refractivity contribution in [2.24, 2.45) is 11.8 Å². The normalized spacial score (nSPS) is 22.5. The molecule has 2 aromatic carbocycles. The number of nitrogens with two attached hydrogens (primary N) is 1. The molecule has 0 aromatic heterocycles. The fourth-order valence-electron chi connectivity index (χ4n) is 5.02. The van der Waals surface area contributed by atoms with E-state index in [-0.39, 0.29) is 30.5 Å². The molecule has 2 bridgehead atoms. The van der Waals surface area contributed by atoms with Gasteiger partial charge in [0.25, 0.3) is 5.91 Å². The zero-order valence-corrected chi connectivity index (χ0v) is 20.6. The number of carbonyl (C=O) groups excluding carboxylic acids is 1. The van der Waals surface area contributed by atoms with E-state index in [4.69, 9.17) is 22.1 Å². The third-order valence-corrected chi connectivity index (χ3v) is 6.78. The van der Waals surface area contributed by atoms with Gasteiger partial charge in [-0.05, 0) is 50.2 Å². The second-order valence-corrected chi connectivity index (χ2v) is 9.21. The first-order chi connectivity index (χ1) is 15.4. The van der Waals surface area contributed by atoms with Crippen LogP contribution in [0, 0.1) is 23.7 Å². The molecule has 33 heavy (non-hydrogen) atoms. The zero-order chi connectivity index (χ0) is 22.7. The summed E-state index contributed by atoms with van der Waals surface area (Å²) in [5, 5.41) is 3.64. The van der Waals surface area contributed by atoms with E-state index in [1.54, 1.807) is 19.1 Å². The molecule has 1 amide bonds. The van der Waals surface area contributed by atoms with E-state index in [1.807, 2.05) is 13.0 Å². The minimum absolute atomic E-state index is 0. The van der Waals surface area contributed by atoms with Crippen LogP contribution >= 0.6 is 24.0 Å². The summed E-state index contributed by atoms with van der Waals surface area (Å²) in [7, 11) is 0. The smallest absolute Gasteiger partial charge is 0.255 e. The third-order valence-electron chi connectivity index (χ3n) is 6.45. The quantitative estimate of drug-likeness (QED) is 0.454. The lowest BCUT2D eigenvalue weighted by molar-refractivity contribution is 0.0820. The largest absolute Gasteiger partial charge is 0.477 e. The Labute approximate surface area is 207 Å². The monoisotopic (exact) mass is 487 g/mol. The Morgan fingerprint density at radius 2 is 1.91 bits per heavy atom. The highest BCUT2D eigenvalue weighted by molar-refractivity contribution is 6.33. The molecule has 0 spiro atoms. The standard InChI is InChI=1S/C26H30ClN3O2.ClH/c1-3-7-17(2)32-24-13-23(28)22(27)12-21(24)26(31)29-25-19-10-11-20(25)16-30(15-19)14-18-8-5-4-6-9-18;/h4-6,8-9,12-13,17,19-20,25H,10-11,14-16,28H2,1-2H3,(H,29,31);1H/t17-,19?,20?,25?;/m0./s1. The van der Waals surface area contributed by atoms with Crippen LogP contribution in [-0.2, 0) is 6.54 Å². The molecule has 2 aliphatic rings. The summed E-state index contributed by atoms with van der Waals surface area (Å²) < 4.78 is 5.90. The first-order valence-electron chi connectivity index (χ1n) is 11.2. The zero-order valence-electron chi connectivity index (χ0n) is 19.0. The molecule has 2 unspecified atom stereocenters. The van der Waals surface area contributed by atoms with Crippen LogP contribution in [0.5, 0.6) is 5.75 Å². The van der Waals surface area contributed by atoms with Crippen LogP contribution in [0.15, 0.2) is 42.5 Å². The van der Waals surface area contributed by atoms with Gasteiger partial charge in [-0.15, -0.1) is 18.3 Å². The van der Waals surface area contributed by atoms with Crippen molar-refractivity contribution in [3.63, 3.8) is 0 Å². The van der Waals surface area contributed by atoms with Crippen molar-refractivity contribution in [1.29, 1.82) is 0 Å².